The lowest BCUT2D eigenvalue weighted by atomic mass is 10.1. The molecule has 9 heteroatoms. The zero-order valence-electron chi connectivity index (χ0n) is 14.3. The number of aliphatic hydroxyl groups excluding tert-OH is 1. The fourth-order valence-corrected chi connectivity index (χ4v) is 1.97. The van der Waals surface area contributed by atoms with Crippen molar-refractivity contribution in [2.75, 3.05) is 0 Å². The van der Waals surface area contributed by atoms with Gasteiger partial charge in [0.2, 0.25) is 0 Å². The SMILES string of the molecule is Cc1cccc(C(O)=CC(=O)c2ccc(Br)cc2)c1.NC(=O)S.NC(=O)S. The van der Waals surface area contributed by atoms with E-state index in [1.165, 1.54) is 6.08 Å². The third kappa shape index (κ3) is 12.7. The number of thiol groups is 2. The highest BCUT2D eigenvalue weighted by molar-refractivity contribution is 9.10. The molecular formula is C18H19BrN2O4S2. The molecule has 6 nitrogen and oxygen atoms in total. The van der Waals surface area contributed by atoms with E-state index in [0.29, 0.717) is 11.1 Å². The monoisotopic (exact) mass is 470 g/mol. The van der Waals surface area contributed by atoms with Crippen LogP contribution in [0.4, 0.5) is 9.59 Å². The molecule has 144 valence electrons. The van der Waals surface area contributed by atoms with Crippen LogP contribution in [0.5, 0.6) is 0 Å². The quantitative estimate of drug-likeness (QED) is 0.195. The summed E-state index contributed by atoms with van der Waals surface area (Å²) >= 11 is 9.52. The molecule has 0 aromatic heterocycles. The smallest absolute Gasteiger partial charge is 0.273 e. The van der Waals surface area contributed by atoms with Gasteiger partial charge >= 0.3 is 0 Å². The largest absolute Gasteiger partial charge is 0.507 e. The second-order valence-electron chi connectivity index (χ2n) is 4.95. The minimum Gasteiger partial charge on any atom is -0.507 e. The van der Waals surface area contributed by atoms with Crippen LogP contribution in [0.2, 0.25) is 0 Å². The highest BCUT2D eigenvalue weighted by atomic mass is 79.9. The van der Waals surface area contributed by atoms with E-state index in [4.69, 9.17) is 9.59 Å². The number of ketones is 1. The molecule has 0 bridgehead atoms. The van der Waals surface area contributed by atoms with E-state index in [9.17, 15) is 9.90 Å². The number of aliphatic hydroxyl groups is 1. The molecule has 2 amide bonds. The van der Waals surface area contributed by atoms with E-state index in [1.54, 1.807) is 30.3 Å². The Balaban J connectivity index is 0.000000718. The van der Waals surface area contributed by atoms with Crippen LogP contribution in [-0.4, -0.2) is 21.4 Å². The average Bonchev–Trinajstić information content (AvgIpc) is 2.54. The van der Waals surface area contributed by atoms with Gasteiger partial charge in [-0.3, -0.25) is 14.4 Å². The zero-order valence-corrected chi connectivity index (χ0v) is 17.7. The van der Waals surface area contributed by atoms with E-state index < -0.39 is 10.5 Å². The number of benzene rings is 2. The Kier molecular flexibility index (Phi) is 11.9. The van der Waals surface area contributed by atoms with Gasteiger partial charge in [0, 0.05) is 21.7 Å². The van der Waals surface area contributed by atoms with Crippen LogP contribution in [-0.2, 0) is 0 Å². The summed E-state index contributed by atoms with van der Waals surface area (Å²) in [4.78, 5) is 30.1. The minimum atomic E-state index is -0.639. The molecule has 0 saturated heterocycles. The van der Waals surface area contributed by atoms with Crippen molar-refractivity contribution >= 4 is 63.2 Å². The first-order valence-electron chi connectivity index (χ1n) is 7.27. The first kappa shape index (κ1) is 24.8. The molecule has 0 heterocycles. The number of aryl methyl sites for hydroxylation is 1. The summed E-state index contributed by atoms with van der Waals surface area (Å²) in [5.74, 6) is -0.233. The first-order valence-corrected chi connectivity index (χ1v) is 8.96. The fourth-order valence-electron chi connectivity index (χ4n) is 1.71. The lowest BCUT2D eigenvalue weighted by Gasteiger charge is -2.02. The van der Waals surface area contributed by atoms with E-state index >= 15 is 0 Å². The number of allylic oxidation sites excluding steroid dienone is 1. The first-order chi connectivity index (χ1) is 12.5. The Hall–Kier alpha value is -2.23. The predicted octanol–water partition coefficient (Wildman–Crippen LogP) is 4.53. The summed E-state index contributed by atoms with van der Waals surface area (Å²) in [5.41, 5.74) is 10.9. The normalized spacial score (nSPS) is 9.85. The van der Waals surface area contributed by atoms with Crippen molar-refractivity contribution in [1.29, 1.82) is 0 Å². The summed E-state index contributed by atoms with van der Waals surface area (Å²) in [6.45, 7) is 1.94. The molecule has 2 aromatic carbocycles. The molecule has 0 unspecified atom stereocenters. The average molecular weight is 471 g/mol. The maximum Gasteiger partial charge on any atom is 0.273 e. The third-order valence-electron chi connectivity index (χ3n) is 2.71. The number of nitrogens with two attached hydrogens (primary N) is 2. The second-order valence-corrected chi connectivity index (χ2v) is 6.74. The highest BCUT2D eigenvalue weighted by Gasteiger charge is 2.06. The van der Waals surface area contributed by atoms with Gasteiger partial charge in [0.1, 0.15) is 5.76 Å². The summed E-state index contributed by atoms with van der Waals surface area (Å²) in [6, 6.07) is 14.4. The zero-order chi connectivity index (χ0) is 21.0. The molecule has 2 aromatic rings. The van der Waals surface area contributed by atoms with Gasteiger partial charge < -0.3 is 16.6 Å². The Morgan fingerprint density at radius 3 is 1.89 bits per heavy atom. The second kappa shape index (κ2) is 13.0. The number of hydrogen-bond donors (Lipinski definition) is 5. The molecule has 0 fully saturated rings. The number of halogens is 1. The lowest BCUT2D eigenvalue weighted by Crippen LogP contribution is -1.96. The molecule has 0 aliphatic carbocycles. The van der Waals surface area contributed by atoms with Crippen LogP contribution in [0.1, 0.15) is 21.5 Å². The lowest BCUT2D eigenvalue weighted by molar-refractivity contribution is 0.104. The van der Waals surface area contributed by atoms with Crippen molar-refractivity contribution < 1.29 is 19.5 Å². The number of rotatable bonds is 3. The molecule has 0 atom stereocenters. The van der Waals surface area contributed by atoms with Gasteiger partial charge in [0.25, 0.3) is 10.5 Å². The molecule has 0 aliphatic rings. The fraction of sp³-hybridized carbons (Fsp3) is 0.0556. The molecular weight excluding hydrogens is 452 g/mol. The summed E-state index contributed by atoms with van der Waals surface area (Å²) in [5, 5.41) is 8.68. The van der Waals surface area contributed by atoms with E-state index in [2.05, 4.69) is 52.7 Å². The number of carbonyl (C=O) groups is 3. The third-order valence-corrected chi connectivity index (χ3v) is 3.24. The van der Waals surface area contributed by atoms with Crippen LogP contribution in [0.15, 0.2) is 59.1 Å². The molecule has 0 radical (unpaired) electrons. The number of carbonyl (C=O) groups excluding carboxylic acids is 3. The number of primary amides is 2. The number of hydrogen-bond acceptors (Lipinski definition) is 4. The van der Waals surface area contributed by atoms with Crippen molar-refractivity contribution in [3.05, 3.63) is 75.8 Å². The minimum absolute atomic E-state index is 0.0170. The van der Waals surface area contributed by atoms with Crippen molar-refractivity contribution in [2.24, 2.45) is 11.5 Å². The van der Waals surface area contributed by atoms with Gasteiger partial charge in [-0.2, -0.15) is 0 Å². The van der Waals surface area contributed by atoms with Crippen molar-refractivity contribution in [3.63, 3.8) is 0 Å². The molecule has 27 heavy (non-hydrogen) atoms. The van der Waals surface area contributed by atoms with E-state index in [1.807, 2.05) is 25.1 Å². The Morgan fingerprint density at radius 1 is 0.963 bits per heavy atom. The Bertz CT molecular complexity index is 804. The highest BCUT2D eigenvalue weighted by Crippen LogP contribution is 2.16. The maximum absolute atomic E-state index is 12.0. The molecule has 5 N–H and O–H groups in total. The standard InChI is InChI=1S/C16H13BrO2.2CH3NOS/c1-11-3-2-4-13(9-11)16(19)10-15(18)12-5-7-14(17)8-6-12;2*2-1(3)4/h2-10,19H,1H3;2*(H3,2,3,4). The van der Waals surface area contributed by atoms with Crippen LogP contribution >= 0.6 is 41.2 Å². The van der Waals surface area contributed by atoms with Gasteiger partial charge in [-0.15, -0.1) is 0 Å². The van der Waals surface area contributed by atoms with Gasteiger partial charge in [0.05, 0.1) is 0 Å². The van der Waals surface area contributed by atoms with Crippen LogP contribution < -0.4 is 11.5 Å². The number of amides is 2. The summed E-state index contributed by atoms with van der Waals surface area (Å²) in [7, 11) is 0. The van der Waals surface area contributed by atoms with Crippen LogP contribution in [0.25, 0.3) is 5.76 Å². The molecule has 0 saturated carbocycles. The Labute approximate surface area is 176 Å². The summed E-state index contributed by atoms with van der Waals surface area (Å²) < 4.78 is 0.913. The topological polar surface area (TPSA) is 123 Å². The molecule has 2 rings (SSSR count). The van der Waals surface area contributed by atoms with E-state index in [0.717, 1.165) is 10.0 Å². The Morgan fingerprint density at radius 2 is 1.44 bits per heavy atom. The van der Waals surface area contributed by atoms with Crippen molar-refractivity contribution in [3.8, 4) is 0 Å². The molecule has 0 spiro atoms. The summed E-state index contributed by atoms with van der Waals surface area (Å²) in [6.07, 6.45) is 1.25. The van der Waals surface area contributed by atoms with Crippen LogP contribution in [0, 0.1) is 6.92 Å². The van der Waals surface area contributed by atoms with Crippen molar-refractivity contribution in [1.82, 2.24) is 0 Å². The molecule has 0 aliphatic heterocycles. The van der Waals surface area contributed by atoms with Gasteiger partial charge in [-0.25, -0.2) is 0 Å². The van der Waals surface area contributed by atoms with Gasteiger partial charge in [-0.1, -0.05) is 65.0 Å². The predicted molar refractivity (Wildman–Crippen MR) is 117 cm³/mol. The van der Waals surface area contributed by atoms with Crippen molar-refractivity contribution in [2.45, 2.75) is 6.92 Å². The van der Waals surface area contributed by atoms with E-state index in [-0.39, 0.29) is 11.5 Å². The van der Waals surface area contributed by atoms with Gasteiger partial charge in [0.15, 0.2) is 5.78 Å². The van der Waals surface area contributed by atoms with Gasteiger partial charge in [-0.05, 0) is 37.3 Å². The van der Waals surface area contributed by atoms with Crippen LogP contribution in [0.3, 0.4) is 0 Å². The maximum atomic E-state index is 12.0.